The third-order valence-electron chi connectivity index (χ3n) is 5.21. The summed E-state index contributed by atoms with van der Waals surface area (Å²) in [6.45, 7) is 3.50. The third kappa shape index (κ3) is 3.47. The summed E-state index contributed by atoms with van der Waals surface area (Å²) in [6.07, 6.45) is 3.86. The number of benzene rings is 1. The monoisotopic (exact) mass is 342 g/mol. The van der Waals surface area contributed by atoms with E-state index in [0.717, 1.165) is 44.7 Å². The van der Waals surface area contributed by atoms with Crippen LogP contribution in [0.1, 0.15) is 31.4 Å². The van der Waals surface area contributed by atoms with Gasteiger partial charge in [-0.1, -0.05) is 12.1 Å². The molecule has 5 heteroatoms. The van der Waals surface area contributed by atoms with E-state index in [4.69, 9.17) is 4.42 Å². The molecular formula is C20H23FN2O2. The number of rotatable bonds is 4. The largest absolute Gasteiger partial charge is 0.460 e. The van der Waals surface area contributed by atoms with Gasteiger partial charge in [0.1, 0.15) is 17.3 Å². The number of hydrogen-bond acceptors (Lipinski definition) is 3. The first-order valence-electron chi connectivity index (χ1n) is 9.06. The maximum absolute atomic E-state index is 13.9. The van der Waals surface area contributed by atoms with E-state index >= 15 is 0 Å². The van der Waals surface area contributed by atoms with Gasteiger partial charge in [0, 0.05) is 25.6 Å². The van der Waals surface area contributed by atoms with Gasteiger partial charge in [0.15, 0.2) is 0 Å². The minimum atomic E-state index is -0.269. The van der Waals surface area contributed by atoms with Crippen LogP contribution in [0.5, 0.6) is 0 Å². The molecule has 2 aliphatic heterocycles. The molecule has 3 heterocycles. The maximum atomic E-state index is 13.9. The van der Waals surface area contributed by atoms with Crippen LogP contribution in [0.3, 0.4) is 0 Å². The fraction of sp³-hybridized carbons (Fsp3) is 0.450. The van der Waals surface area contributed by atoms with Crippen molar-refractivity contribution in [1.29, 1.82) is 0 Å². The Bertz CT molecular complexity index is 758. The Labute approximate surface area is 147 Å². The van der Waals surface area contributed by atoms with Crippen molar-refractivity contribution in [1.82, 2.24) is 9.80 Å². The van der Waals surface area contributed by atoms with Gasteiger partial charge in [0.25, 0.3) is 0 Å². The van der Waals surface area contributed by atoms with Crippen molar-refractivity contribution in [3.8, 4) is 11.3 Å². The fourth-order valence-electron chi connectivity index (χ4n) is 3.97. The summed E-state index contributed by atoms with van der Waals surface area (Å²) in [4.78, 5) is 16.4. The average molecular weight is 342 g/mol. The number of halogens is 1. The van der Waals surface area contributed by atoms with Gasteiger partial charge in [-0.2, -0.15) is 0 Å². The Morgan fingerprint density at radius 1 is 1.12 bits per heavy atom. The molecule has 132 valence electrons. The van der Waals surface area contributed by atoms with Gasteiger partial charge in [0.2, 0.25) is 5.91 Å². The Hall–Kier alpha value is -2.14. The molecule has 0 spiro atoms. The van der Waals surface area contributed by atoms with Gasteiger partial charge in [-0.15, -0.1) is 0 Å². The van der Waals surface area contributed by atoms with Gasteiger partial charge in [-0.05, 0) is 50.1 Å². The topological polar surface area (TPSA) is 36.7 Å². The normalized spacial score (nSPS) is 21.9. The molecule has 2 saturated heterocycles. The lowest BCUT2D eigenvalue weighted by Gasteiger charge is -2.37. The summed E-state index contributed by atoms with van der Waals surface area (Å²) in [5.41, 5.74) is 0.493. The highest BCUT2D eigenvalue weighted by molar-refractivity contribution is 5.78. The molecule has 1 aromatic heterocycles. The van der Waals surface area contributed by atoms with Crippen molar-refractivity contribution < 1.29 is 13.6 Å². The number of nitrogens with zero attached hydrogens (tertiary/aromatic N) is 2. The second-order valence-electron chi connectivity index (χ2n) is 6.97. The van der Waals surface area contributed by atoms with Crippen molar-refractivity contribution >= 4 is 5.91 Å². The van der Waals surface area contributed by atoms with Crippen molar-refractivity contribution in [2.45, 2.75) is 38.3 Å². The van der Waals surface area contributed by atoms with Crippen LogP contribution in [0.2, 0.25) is 0 Å². The minimum absolute atomic E-state index is 0.269. The van der Waals surface area contributed by atoms with Crippen LogP contribution in [0.25, 0.3) is 11.3 Å². The summed E-state index contributed by atoms with van der Waals surface area (Å²) in [5, 5.41) is 0. The van der Waals surface area contributed by atoms with E-state index in [0.29, 0.717) is 36.2 Å². The molecule has 2 aliphatic rings. The predicted octanol–water partition coefficient (Wildman–Crippen LogP) is 3.67. The molecule has 1 atom stereocenters. The molecule has 2 aromatic rings. The van der Waals surface area contributed by atoms with E-state index in [-0.39, 0.29) is 5.82 Å². The highest BCUT2D eigenvalue weighted by Gasteiger charge is 2.31. The van der Waals surface area contributed by atoms with Crippen molar-refractivity contribution in [2.24, 2.45) is 0 Å². The van der Waals surface area contributed by atoms with Crippen LogP contribution in [0.15, 0.2) is 40.8 Å². The molecule has 1 amide bonds. The lowest BCUT2D eigenvalue weighted by molar-refractivity contribution is -0.130. The Morgan fingerprint density at radius 3 is 2.80 bits per heavy atom. The first-order chi connectivity index (χ1) is 12.2. The SMILES string of the molecule is O=C1CCCN1C1CCCN(Cc2ccc(-c3ccccc3F)o2)C1. The average Bonchev–Trinajstić information content (AvgIpc) is 3.25. The number of likely N-dealkylation sites (tertiary alicyclic amines) is 2. The van der Waals surface area contributed by atoms with Gasteiger partial charge < -0.3 is 9.32 Å². The second-order valence-corrected chi connectivity index (χ2v) is 6.97. The smallest absolute Gasteiger partial charge is 0.222 e. The Balaban J connectivity index is 1.42. The Morgan fingerprint density at radius 2 is 2.00 bits per heavy atom. The lowest BCUT2D eigenvalue weighted by atomic mass is 10.0. The minimum Gasteiger partial charge on any atom is -0.460 e. The molecule has 0 N–H and O–H groups in total. The van der Waals surface area contributed by atoms with Crippen molar-refractivity contribution in [3.63, 3.8) is 0 Å². The van der Waals surface area contributed by atoms with Gasteiger partial charge in [0.05, 0.1) is 12.1 Å². The van der Waals surface area contributed by atoms with E-state index in [1.165, 1.54) is 6.07 Å². The predicted molar refractivity (Wildman–Crippen MR) is 93.3 cm³/mol. The van der Waals surface area contributed by atoms with E-state index in [2.05, 4.69) is 9.80 Å². The number of carbonyl (C=O) groups is 1. The zero-order valence-electron chi connectivity index (χ0n) is 14.3. The summed E-state index contributed by atoms with van der Waals surface area (Å²) >= 11 is 0. The van der Waals surface area contributed by atoms with E-state index in [9.17, 15) is 9.18 Å². The Kier molecular flexibility index (Phi) is 4.57. The molecule has 1 aromatic carbocycles. The highest BCUT2D eigenvalue weighted by atomic mass is 19.1. The molecular weight excluding hydrogens is 319 g/mol. The third-order valence-corrected chi connectivity index (χ3v) is 5.21. The van der Waals surface area contributed by atoms with Crippen molar-refractivity contribution in [2.75, 3.05) is 19.6 Å². The van der Waals surface area contributed by atoms with Crippen molar-refractivity contribution in [3.05, 3.63) is 48.0 Å². The second kappa shape index (κ2) is 7.00. The van der Waals surface area contributed by atoms with Crippen LogP contribution in [-0.2, 0) is 11.3 Å². The lowest BCUT2D eigenvalue weighted by Crippen LogP contribution is -2.48. The van der Waals surface area contributed by atoms with Gasteiger partial charge in [-0.25, -0.2) is 4.39 Å². The summed E-state index contributed by atoms with van der Waals surface area (Å²) < 4.78 is 19.8. The molecule has 4 rings (SSSR count). The van der Waals surface area contributed by atoms with Crippen LogP contribution in [0.4, 0.5) is 4.39 Å². The number of furan rings is 1. The van der Waals surface area contributed by atoms with Crippen LogP contribution in [-0.4, -0.2) is 41.4 Å². The van der Waals surface area contributed by atoms with E-state index < -0.39 is 0 Å². The summed E-state index contributed by atoms with van der Waals surface area (Å²) in [7, 11) is 0. The quantitative estimate of drug-likeness (QED) is 0.851. The zero-order chi connectivity index (χ0) is 17.2. The molecule has 25 heavy (non-hydrogen) atoms. The van der Waals surface area contributed by atoms with Crippen LogP contribution in [0, 0.1) is 5.82 Å². The van der Waals surface area contributed by atoms with E-state index in [1.807, 2.05) is 18.2 Å². The molecule has 2 fully saturated rings. The van der Waals surface area contributed by atoms with Crippen LogP contribution < -0.4 is 0 Å². The maximum Gasteiger partial charge on any atom is 0.222 e. The van der Waals surface area contributed by atoms with Gasteiger partial charge in [-0.3, -0.25) is 9.69 Å². The number of piperidine rings is 1. The molecule has 1 unspecified atom stereocenters. The van der Waals surface area contributed by atoms with Crippen LogP contribution >= 0.6 is 0 Å². The number of amides is 1. The molecule has 0 saturated carbocycles. The zero-order valence-corrected chi connectivity index (χ0v) is 14.3. The molecule has 4 nitrogen and oxygen atoms in total. The number of hydrogen-bond donors (Lipinski definition) is 0. The number of carbonyl (C=O) groups excluding carboxylic acids is 1. The first kappa shape index (κ1) is 16.3. The highest BCUT2D eigenvalue weighted by Crippen LogP contribution is 2.27. The standard InChI is InChI=1S/C20H23FN2O2/c21-18-7-2-1-6-17(18)19-10-9-16(25-19)14-22-11-3-5-15(13-22)23-12-4-8-20(23)24/h1-2,6-7,9-10,15H,3-5,8,11-14H2. The fourth-order valence-corrected chi connectivity index (χ4v) is 3.97. The first-order valence-corrected chi connectivity index (χ1v) is 9.06. The molecule has 0 aliphatic carbocycles. The summed E-state index contributed by atoms with van der Waals surface area (Å²) in [6, 6.07) is 10.7. The molecule has 0 bridgehead atoms. The molecule has 0 radical (unpaired) electrons. The van der Waals surface area contributed by atoms with E-state index in [1.54, 1.807) is 12.1 Å². The summed E-state index contributed by atoms with van der Waals surface area (Å²) in [5.74, 6) is 1.43. The van der Waals surface area contributed by atoms with Gasteiger partial charge >= 0.3 is 0 Å².